The summed E-state index contributed by atoms with van der Waals surface area (Å²) in [6.07, 6.45) is 1.37. The highest BCUT2D eigenvalue weighted by Gasteiger charge is 2.20. The summed E-state index contributed by atoms with van der Waals surface area (Å²) >= 11 is 5.81. The highest BCUT2D eigenvalue weighted by molar-refractivity contribution is 7.92. The summed E-state index contributed by atoms with van der Waals surface area (Å²) in [5.41, 5.74) is -0.103. The van der Waals surface area contributed by atoms with Gasteiger partial charge in [0.1, 0.15) is 4.90 Å². The van der Waals surface area contributed by atoms with Gasteiger partial charge < -0.3 is 5.11 Å². The van der Waals surface area contributed by atoms with E-state index in [2.05, 4.69) is 15.0 Å². The third-order valence-corrected chi connectivity index (χ3v) is 4.15. The van der Waals surface area contributed by atoms with E-state index in [1.807, 2.05) is 0 Å². The summed E-state index contributed by atoms with van der Waals surface area (Å²) in [5.74, 6) is -1.16. The molecule has 0 unspecified atom stereocenters. The van der Waals surface area contributed by atoms with Gasteiger partial charge in [-0.15, -0.1) is 5.10 Å². The zero-order valence-corrected chi connectivity index (χ0v) is 11.7. The van der Waals surface area contributed by atoms with Crippen molar-refractivity contribution in [1.82, 2.24) is 15.0 Å². The summed E-state index contributed by atoms with van der Waals surface area (Å²) in [4.78, 5) is 10.5. The van der Waals surface area contributed by atoms with E-state index in [1.54, 1.807) is 7.05 Å². The van der Waals surface area contributed by atoms with Crippen LogP contribution < -0.4 is 4.72 Å². The average molecular weight is 317 g/mol. The van der Waals surface area contributed by atoms with E-state index in [1.165, 1.54) is 10.9 Å². The van der Waals surface area contributed by atoms with Crippen molar-refractivity contribution >= 4 is 33.4 Å². The molecular formula is C10H9ClN4O4S. The van der Waals surface area contributed by atoms with Crippen molar-refractivity contribution in [2.75, 3.05) is 4.72 Å². The van der Waals surface area contributed by atoms with Gasteiger partial charge in [-0.1, -0.05) is 16.8 Å². The van der Waals surface area contributed by atoms with E-state index in [0.717, 1.165) is 18.2 Å². The molecule has 0 radical (unpaired) electrons. The molecule has 0 aliphatic rings. The number of hydrogen-bond acceptors (Lipinski definition) is 5. The predicted molar refractivity (Wildman–Crippen MR) is 70.2 cm³/mol. The van der Waals surface area contributed by atoms with Gasteiger partial charge in [0, 0.05) is 7.05 Å². The monoisotopic (exact) mass is 316 g/mol. The fourth-order valence-corrected chi connectivity index (χ4v) is 2.97. The van der Waals surface area contributed by atoms with Crippen LogP contribution in [-0.2, 0) is 17.1 Å². The highest BCUT2D eigenvalue weighted by Crippen LogP contribution is 2.24. The van der Waals surface area contributed by atoms with E-state index in [0.29, 0.717) is 0 Å². The van der Waals surface area contributed by atoms with Crippen molar-refractivity contribution in [1.29, 1.82) is 0 Å². The number of sulfonamides is 1. The van der Waals surface area contributed by atoms with Crippen LogP contribution >= 0.6 is 11.6 Å². The van der Waals surface area contributed by atoms with Gasteiger partial charge in [-0.2, -0.15) is 0 Å². The molecule has 2 N–H and O–H groups in total. The number of rotatable bonds is 4. The van der Waals surface area contributed by atoms with Gasteiger partial charge in [-0.25, -0.2) is 13.2 Å². The van der Waals surface area contributed by atoms with Gasteiger partial charge in [0.25, 0.3) is 10.0 Å². The fourth-order valence-electron chi connectivity index (χ4n) is 1.44. The topological polar surface area (TPSA) is 114 Å². The fraction of sp³-hybridized carbons (Fsp3) is 0.100. The molecule has 0 spiro atoms. The van der Waals surface area contributed by atoms with Gasteiger partial charge >= 0.3 is 5.97 Å². The molecule has 10 heteroatoms. The largest absolute Gasteiger partial charge is 0.478 e. The molecule has 106 valence electrons. The molecule has 0 saturated carbocycles. The normalized spacial score (nSPS) is 11.3. The maximum Gasteiger partial charge on any atom is 0.335 e. The molecule has 0 saturated heterocycles. The lowest BCUT2D eigenvalue weighted by Gasteiger charge is -2.07. The number of carbonyl (C=O) groups is 1. The first-order valence-corrected chi connectivity index (χ1v) is 7.08. The van der Waals surface area contributed by atoms with Crippen LogP contribution in [0, 0.1) is 0 Å². The maximum atomic E-state index is 12.1. The second-order valence-electron chi connectivity index (χ2n) is 3.83. The minimum atomic E-state index is -3.96. The first-order chi connectivity index (χ1) is 9.29. The zero-order valence-electron chi connectivity index (χ0n) is 10.1. The van der Waals surface area contributed by atoms with E-state index in [-0.39, 0.29) is 21.3 Å². The number of halogens is 1. The second kappa shape index (κ2) is 5.10. The van der Waals surface area contributed by atoms with Crippen LogP contribution in [0.2, 0.25) is 5.02 Å². The Balaban J connectivity index is 2.37. The van der Waals surface area contributed by atoms with Crippen LogP contribution in [-0.4, -0.2) is 34.5 Å². The molecule has 1 heterocycles. The van der Waals surface area contributed by atoms with Crippen LogP contribution in [0.1, 0.15) is 10.4 Å². The Morgan fingerprint density at radius 1 is 1.45 bits per heavy atom. The Bertz CT molecular complexity index is 771. The Kier molecular flexibility index (Phi) is 3.64. The molecule has 0 atom stereocenters. The molecule has 1 aromatic heterocycles. The smallest absolute Gasteiger partial charge is 0.335 e. The summed E-state index contributed by atoms with van der Waals surface area (Å²) in [6.45, 7) is 0. The Labute approximate surface area is 119 Å². The summed E-state index contributed by atoms with van der Waals surface area (Å²) in [7, 11) is -2.38. The highest BCUT2D eigenvalue weighted by atomic mass is 35.5. The van der Waals surface area contributed by atoms with E-state index in [9.17, 15) is 13.2 Å². The molecule has 2 aromatic rings. The third-order valence-electron chi connectivity index (χ3n) is 2.31. The second-order valence-corrected chi connectivity index (χ2v) is 5.89. The number of aryl methyl sites for hydroxylation is 1. The predicted octanol–water partition coefficient (Wildman–Crippen LogP) is 0.968. The Morgan fingerprint density at radius 2 is 2.15 bits per heavy atom. The lowest BCUT2D eigenvalue weighted by Crippen LogP contribution is -2.14. The van der Waals surface area contributed by atoms with Crippen LogP contribution in [0.3, 0.4) is 0 Å². The van der Waals surface area contributed by atoms with E-state index in [4.69, 9.17) is 16.7 Å². The van der Waals surface area contributed by atoms with E-state index >= 15 is 0 Å². The van der Waals surface area contributed by atoms with Crippen LogP contribution in [0.25, 0.3) is 0 Å². The molecule has 20 heavy (non-hydrogen) atoms. The van der Waals surface area contributed by atoms with E-state index < -0.39 is 16.0 Å². The standard InChI is InChI=1S/C10H9ClN4O4S/c1-15-5-9(12-14-15)13-20(18,19)8-3-2-6(10(16)17)4-7(8)11/h2-5,13H,1H3,(H,16,17). The number of nitrogens with one attached hydrogen (secondary N) is 1. The average Bonchev–Trinajstić information content (AvgIpc) is 2.73. The number of aromatic carboxylic acids is 1. The third kappa shape index (κ3) is 2.89. The van der Waals surface area contributed by atoms with Crippen LogP contribution in [0.15, 0.2) is 29.3 Å². The van der Waals surface area contributed by atoms with Crippen molar-refractivity contribution in [3.05, 3.63) is 35.0 Å². The van der Waals surface area contributed by atoms with Gasteiger partial charge in [0.2, 0.25) is 0 Å². The van der Waals surface area contributed by atoms with Gasteiger partial charge in [-0.3, -0.25) is 9.40 Å². The minimum Gasteiger partial charge on any atom is -0.478 e. The summed E-state index contributed by atoms with van der Waals surface area (Å²) in [5, 5.41) is 15.8. The number of anilines is 1. The molecule has 0 amide bonds. The van der Waals surface area contributed by atoms with Crippen molar-refractivity contribution in [3.63, 3.8) is 0 Å². The van der Waals surface area contributed by atoms with Gasteiger partial charge in [0.15, 0.2) is 5.82 Å². The minimum absolute atomic E-state index is 0.0332. The lowest BCUT2D eigenvalue weighted by molar-refractivity contribution is 0.0696. The molecule has 8 nitrogen and oxygen atoms in total. The first-order valence-electron chi connectivity index (χ1n) is 5.21. The molecule has 0 aliphatic heterocycles. The number of nitrogens with zero attached hydrogens (tertiary/aromatic N) is 3. The SMILES string of the molecule is Cn1cc(NS(=O)(=O)c2ccc(C(=O)O)cc2Cl)nn1. The van der Waals surface area contributed by atoms with Crippen LogP contribution in [0.4, 0.5) is 5.82 Å². The van der Waals surface area contributed by atoms with Crippen molar-refractivity contribution in [3.8, 4) is 0 Å². The molecule has 1 aromatic carbocycles. The first kappa shape index (κ1) is 14.3. The molecule has 0 fully saturated rings. The Morgan fingerprint density at radius 3 is 2.65 bits per heavy atom. The zero-order chi connectivity index (χ0) is 14.9. The Hall–Kier alpha value is -2.13. The summed E-state index contributed by atoms with van der Waals surface area (Å²) < 4.78 is 27.7. The quantitative estimate of drug-likeness (QED) is 0.868. The maximum absolute atomic E-state index is 12.1. The van der Waals surface area contributed by atoms with Gasteiger partial charge in [-0.05, 0) is 18.2 Å². The van der Waals surface area contributed by atoms with Crippen molar-refractivity contribution in [2.24, 2.45) is 7.05 Å². The van der Waals surface area contributed by atoms with Gasteiger partial charge in [0.05, 0.1) is 16.8 Å². The molecule has 0 aliphatic carbocycles. The lowest BCUT2D eigenvalue weighted by atomic mass is 10.2. The number of benzene rings is 1. The molecule has 2 rings (SSSR count). The van der Waals surface area contributed by atoms with Crippen molar-refractivity contribution < 1.29 is 18.3 Å². The number of carboxylic acids is 1. The number of aromatic nitrogens is 3. The van der Waals surface area contributed by atoms with Crippen LogP contribution in [0.5, 0.6) is 0 Å². The summed E-state index contributed by atoms with van der Waals surface area (Å²) in [6, 6.07) is 3.33. The van der Waals surface area contributed by atoms with Crippen molar-refractivity contribution in [2.45, 2.75) is 4.90 Å². The molecular weight excluding hydrogens is 308 g/mol. The molecule has 0 bridgehead atoms. The number of carboxylic acid groups (broad SMARTS) is 1. The number of hydrogen-bond donors (Lipinski definition) is 2.